The maximum atomic E-state index is 13.1. The molecule has 0 aromatic carbocycles. The number of carbonyl (C=O) groups excluding carboxylic acids is 1. The number of halogens is 1. The number of nitrogens with zero attached hydrogens (tertiary/aromatic N) is 1. The van der Waals surface area contributed by atoms with E-state index in [2.05, 4.69) is 4.98 Å². The van der Waals surface area contributed by atoms with E-state index < -0.39 is 17.9 Å². The first-order valence-corrected chi connectivity index (χ1v) is 4.44. The predicted molar refractivity (Wildman–Crippen MR) is 50.9 cm³/mol. The van der Waals surface area contributed by atoms with E-state index in [1.165, 1.54) is 19.4 Å². The van der Waals surface area contributed by atoms with Crippen LogP contribution in [-0.2, 0) is 9.47 Å². The average Bonchev–Trinajstić information content (AvgIpc) is 2.18. The number of hydrogen-bond acceptors (Lipinski definition) is 4. The molecule has 0 radical (unpaired) electrons. The van der Waals surface area contributed by atoms with Crippen molar-refractivity contribution in [2.75, 3.05) is 13.7 Å². The zero-order valence-electron chi connectivity index (χ0n) is 8.57. The lowest BCUT2D eigenvalue weighted by Crippen LogP contribution is -2.20. The highest BCUT2D eigenvalue weighted by molar-refractivity contribution is 5.89. The van der Waals surface area contributed by atoms with Gasteiger partial charge in [0.2, 0.25) is 0 Å². The molecule has 1 unspecified atom stereocenters. The molecule has 5 heteroatoms. The second kappa shape index (κ2) is 5.41. The summed E-state index contributed by atoms with van der Waals surface area (Å²) in [4.78, 5) is 14.9. The van der Waals surface area contributed by atoms with Crippen LogP contribution in [0.5, 0.6) is 0 Å². The number of methoxy groups -OCH3 is 1. The fraction of sp³-hybridized carbons (Fsp3) is 0.400. The van der Waals surface area contributed by atoms with Crippen LogP contribution in [0.25, 0.3) is 0 Å². The van der Waals surface area contributed by atoms with Gasteiger partial charge < -0.3 is 9.47 Å². The second-order valence-corrected chi connectivity index (χ2v) is 3.03. The van der Waals surface area contributed by atoms with Crippen molar-refractivity contribution in [2.24, 2.45) is 0 Å². The van der Waals surface area contributed by atoms with Gasteiger partial charge in [-0.3, -0.25) is 4.98 Å². The quantitative estimate of drug-likeness (QED) is 0.709. The Hall–Kier alpha value is -1.49. The van der Waals surface area contributed by atoms with E-state index in [9.17, 15) is 9.18 Å². The minimum Gasteiger partial charge on any atom is -0.457 e. The Morgan fingerprint density at radius 2 is 2.40 bits per heavy atom. The van der Waals surface area contributed by atoms with Crippen molar-refractivity contribution in [3.8, 4) is 0 Å². The van der Waals surface area contributed by atoms with Gasteiger partial charge in [0.1, 0.15) is 6.10 Å². The van der Waals surface area contributed by atoms with E-state index in [1.54, 1.807) is 6.92 Å². The molecule has 1 rings (SSSR count). The van der Waals surface area contributed by atoms with E-state index in [-0.39, 0.29) is 12.2 Å². The van der Waals surface area contributed by atoms with Gasteiger partial charge in [-0.1, -0.05) is 0 Å². The van der Waals surface area contributed by atoms with Crippen molar-refractivity contribution in [1.29, 1.82) is 0 Å². The summed E-state index contributed by atoms with van der Waals surface area (Å²) in [5, 5.41) is 0. The van der Waals surface area contributed by atoms with E-state index >= 15 is 0 Å². The van der Waals surface area contributed by atoms with Crippen LogP contribution in [0.3, 0.4) is 0 Å². The van der Waals surface area contributed by atoms with Gasteiger partial charge in [-0.25, -0.2) is 9.18 Å². The topological polar surface area (TPSA) is 48.4 Å². The highest BCUT2D eigenvalue weighted by Crippen LogP contribution is 2.07. The molecule has 15 heavy (non-hydrogen) atoms. The molecular weight excluding hydrogens is 201 g/mol. The first-order chi connectivity index (χ1) is 7.15. The van der Waals surface area contributed by atoms with Gasteiger partial charge in [-0.05, 0) is 13.0 Å². The van der Waals surface area contributed by atoms with Crippen LogP contribution >= 0.6 is 0 Å². The van der Waals surface area contributed by atoms with Gasteiger partial charge >= 0.3 is 5.97 Å². The van der Waals surface area contributed by atoms with Crippen LogP contribution in [-0.4, -0.2) is 30.8 Å². The summed E-state index contributed by atoms with van der Waals surface area (Å²) < 4.78 is 22.8. The maximum absolute atomic E-state index is 13.1. The summed E-state index contributed by atoms with van der Waals surface area (Å²) in [5.41, 5.74) is -0.118. The van der Waals surface area contributed by atoms with E-state index in [1.807, 2.05) is 0 Å². The minimum atomic E-state index is -0.709. The summed E-state index contributed by atoms with van der Waals surface area (Å²) in [6, 6.07) is 1.27. The highest BCUT2D eigenvalue weighted by atomic mass is 19.1. The zero-order chi connectivity index (χ0) is 11.3. The molecule has 0 saturated heterocycles. The molecule has 0 N–H and O–H groups in total. The number of pyridine rings is 1. The Morgan fingerprint density at radius 3 is 3.00 bits per heavy atom. The molecule has 0 bridgehead atoms. The SMILES string of the molecule is COCC(C)OC(=O)c1ccncc1F. The van der Waals surface area contributed by atoms with Gasteiger partial charge in [0.15, 0.2) is 5.82 Å². The first kappa shape index (κ1) is 11.6. The number of hydrogen-bond donors (Lipinski definition) is 0. The molecule has 0 aliphatic carbocycles. The van der Waals surface area contributed by atoms with E-state index in [4.69, 9.17) is 9.47 Å². The Kier molecular flexibility index (Phi) is 4.17. The van der Waals surface area contributed by atoms with Crippen LogP contribution < -0.4 is 0 Å². The van der Waals surface area contributed by atoms with Crippen LogP contribution in [0.2, 0.25) is 0 Å². The summed E-state index contributed by atoms with van der Waals surface area (Å²) >= 11 is 0. The largest absolute Gasteiger partial charge is 0.457 e. The van der Waals surface area contributed by atoms with Crippen LogP contribution in [0.4, 0.5) is 4.39 Å². The summed E-state index contributed by atoms with van der Waals surface area (Å²) in [5.74, 6) is -1.40. The van der Waals surface area contributed by atoms with E-state index in [0.29, 0.717) is 0 Å². The fourth-order valence-corrected chi connectivity index (χ4v) is 1.06. The van der Waals surface area contributed by atoms with Crippen LogP contribution in [0.15, 0.2) is 18.5 Å². The van der Waals surface area contributed by atoms with Crippen molar-refractivity contribution in [3.63, 3.8) is 0 Å². The molecular formula is C10H12FNO3. The van der Waals surface area contributed by atoms with Crippen molar-refractivity contribution >= 4 is 5.97 Å². The lowest BCUT2D eigenvalue weighted by molar-refractivity contribution is 0.0116. The summed E-state index contributed by atoms with van der Waals surface area (Å²) in [6.07, 6.45) is 1.90. The predicted octanol–water partition coefficient (Wildman–Crippen LogP) is 1.41. The van der Waals surface area contributed by atoms with Crippen molar-refractivity contribution in [1.82, 2.24) is 4.98 Å². The van der Waals surface area contributed by atoms with Gasteiger partial charge in [0.25, 0.3) is 0 Å². The molecule has 1 atom stereocenters. The standard InChI is InChI=1S/C10H12FNO3/c1-7(6-14-2)15-10(13)8-3-4-12-5-9(8)11/h3-5,7H,6H2,1-2H3. The highest BCUT2D eigenvalue weighted by Gasteiger charge is 2.15. The van der Waals surface area contributed by atoms with Gasteiger partial charge in [0, 0.05) is 13.3 Å². The molecule has 1 aromatic rings. The smallest absolute Gasteiger partial charge is 0.341 e. The second-order valence-electron chi connectivity index (χ2n) is 3.03. The Morgan fingerprint density at radius 1 is 1.67 bits per heavy atom. The minimum absolute atomic E-state index is 0.118. The van der Waals surface area contributed by atoms with E-state index in [0.717, 1.165) is 6.20 Å². The van der Waals surface area contributed by atoms with Crippen molar-refractivity contribution in [3.05, 3.63) is 29.8 Å². The molecule has 0 saturated carbocycles. The molecule has 82 valence electrons. The molecule has 4 nitrogen and oxygen atoms in total. The van der Waals surface area contributed by atoms with Crippen molar-refractivity contribution < 1.29 is 18.7 Å². The van der Waals surface area contributed by atoms with Gasteiger partial charge in [0.05, 0.1) is 18.4 Å². The number of rotatable bonds is 4. The third kappa shape index (κ3) is 3.28. The normalized spacial score (nSPS) is 12.2. The Bertz CT molecular complexity index is 343. The fourth-order valence-electron chi connectivity index (χ4n) is 1.06. The summed E-state index contributed by atoms with van der Waals surface area (Å²) in [7, 11) is 1.50. The molecule has 0 aliphatic heterocycles. The van der Waals surface area contributed by atoms with Gasteiger partial charge in [-0.15, -0.1) is 0 Å². The lowest BCUT2D eigenvalue weighted by atomic mass is 10.2. The maximum Gasteiger partial charge on any atom is 0.341 e. The molecule has 1 heterocycles. The molecule has 0 amide bonds. The van der Waals surface area contributed by atoms with Crippen molar-refractivity contribution in [2.45, 2.75) is 13.0 Å². The Labute approximate surface area is 87.0 Å². The molecule has 0 fully saturated rings. The zero-order valence-corrected chi connectivity index (χ0v) is 8.57. The summed E-state index contributed by atoms with van der Waals surface area (Å²) in [6.45, 7) is 1.94. The molecule has 0 spiro atoms. The molecule has 0 aliphatic rings. The monoisotopic (exact) mass is 213 g/mol. The number of carbonyl (C=O) groups is 1. The van der Waals surface area contributed by atoms with Crippen LogP contribution in [0, 0.1) is 5.82 Å². The first-order valence-electron chi connectivity index (χ1n) is 4.44. The average molecular weight is 213 g/mol. The third-order valence-corrected chi connectivity index (χ3v) is 1.70. The number of ether oxygens (including phenoxy) is 2. The lowest BCUT2D eigenvalue weighted by Gasteiger charge is -2.11. The number of aromatic nitrogens is 1. The number of esters is 1. The third-order valence-electron chi connectivity index (χ3n) is 1.70. The van der Waals surface area contributed by atoms with Gasteiger partial charge in [-0.2, -0.15) is 0 Å². The Balaban J connectivity index is 2.65. The molecule has 1 aromatic heterocycles. The van der Waals surface area contributed by atoms with Crippen LogP contribution in [0.1, 0.15) is 17.3 Å².